The Bertz CT molecular complexity index is 998. The largest absolute Gasteiger partial charge is 0.497 e. The standard InChI is InChI=1S/C22H23BrFN3O/c1-22(2)14-26(12-15-7-9-18(28-3)10-8-15)13-19-25-20(21(23)27(19)22)16-5-4-6-17(24)11-16/h4-11H,12-14H2,1-3H3. The van der Waals surface area contributed by atoms with Crippen LogP contribution >= 0.6 is 15.9 Å². The summed E-state index contributed by atoms with van der Waals surface area (Å²) in [5, 5.41) is 0. The molecule has 1 aliphatic heterocycles. The van der Waals surface area contributed by atoms with E-state index < -0.39 is 0 Å². The van der Waals surface area contributed by atoms with Crippen LogP contribution in [0.3, 0.4) is 0 Å². The van der Waals surface area contributed by atoms with E-state index in [1.165, 1.54) is 17.7 Å². The van der Waals surface area contributed by atoms with Gasteiger partial charge in [0.15, 0.2) is 0 Å². The van der Waals surface area contributed by atoms with Crippen molar-refractivity contribution in [2.45, 2.75) is 32.5 Å². The highest BCUT2D eigenvalue weighted by Crippen LogP contribution is 2.37. The molecular weight excluding hydrogens is 421 g/mol. The fourth-order valence-electron chi connectivity index (χ4n) is 3.96. The van der Waals surface area contributed by atoms with Crippen LogP contribution in [0.4, 0.5) is 4.39 Å². The number of rotatable bonds is 4. The molecule has 4 rings (SSSR count). The number of benzene rings is 2. The summed E-state index contributed by atoms with van der Waals surface area (Å²) in [5.41, 5.74) is 2.67. The smallest absolute Gasteiger partial charge is 0.125 e. The molecule has 146 valence electrons. The third kappa shape index (κ3) is 3.59. The lowest BCUT2D eigenvalue weighted by molar-refractivity contribution is 0.121. The van der Waals surface area contributed by atoms with E-state index in [1.54, 1.807) is 13.2 Å². The van der Waals surface area contributed by atoms with Crippen LogP contribution in [0.15, 0.2) is 53.1 Å². The van der Waals surface area contributed by atoms with Gasteiger partial charge < -0.3 is 9.30 Å². The van der Waals surface area contributed by atoms with Crippen LogP contribution < -0.4 is 4.74 Å². The van der Waals surface area contributed by atoms with Crippen molar-refractivity contribution in [2.24, 2.45) is 0 Å². The minimum Gasteiger partial charge on any atom is -0.497 e. The predicted molar refractivity (Wildman–Crippen MR) is 112 cm³/mol. The topological polar surface area (TPSA) is 30.3 Å². The van der Waals surface area contributed by atoms with Gasteiger partial charge >= 0.3 is 0 Å². The van der Waals surface area contributed by atoms with Crippen molar-refractivity contribution in [1.82, 2.24) is 14.5 Å². The normalized spacial score (nSPS) is 16.0. The summed E-state index contributed by atoms with van der Waals surface area (Å²) in [6.07, 6.45) is 0. The van der Waals surface area contributed by atoms with E-state index in [9.17, 15) is 4.39 Å². The zero-order valence-electron chi connectivity index (χ0n) is 16.2. The predicted octanol–water partition coefficient (Wildman–Crippen LogP) is 5.21. The Labute approximate surface area is 173 Å². The first-order valence-electron chi connectivity index (χ1n) is 9.26. The summed E-state index contributed by atoms with van der Waals surface area (Å²) in [6.45, 7) is 6.89. The number of fused-ring (bicyclic) bond motifs is 1. The minimum absolute atomic E-state index is 0.141. The Morgan fingerprint density at radius 2 is 1.93 bits per heavy atom. The first-order chi connectivity index (χ1) is 13.4. The van der Waals surface area contributed by atoms with E-state index in [2.05, 4.69) is 51.4 Å². The lowest BCUT2D eigenvalue weighted by atomic mass is 10.0. The Morgan fingerprint density at radius 1 is 1.18 bits per heavy atom. The van der Waals surface area contributed by atoms with Gasteiger partial charge in [0.25, 0.3) is 0 Å². The number of methoxy groups -OCH3 is 1. The molecule has 0 radical (unpaired) electrons. The lowest BCUT2D eigenvalue weighted by Gasteiger charge is -2.40. The summed E-state index contributed by atoms with van der Waals surface area (Å²) >= 11 is 3.72. The van der Waals surface area contributed by atoms with Gasteiger partial charge in [0.1, 0.15) is 27.7 Å². The Balaban J connectivity index is 1.64. The van der Waals surface area contributed by atoms with Crippen LogP contribution in [0.5, 0.6) is 5.75 Å². The van der Waals surface area contributed by atoms with Crippen molar-refractivity contribution < 1.29 is 9.13 Å². The fourth-order valence-corrected chi connectivity index (χ4v) is 4.96. The zero-order chi connectivity index (χ0) is 19.9. The van der Waals surface area contributed by atoms with Crippen molar-refractivity contribution in [1.29, 1.82) is 0 Å². The van der Waals surface area contributed by atoms with Gasteiger partial charge in [-0.2, -0.15) is 0 Å². The van der Waals surface area contributed by atoms with E-state index in [4.69, 9.17) is 9.72 Å². The Kier molecular flexibility index (Phi) is 5.02. The van der Waals surface area contributed by atoms with Crippen molar-refractivity contribution in [3.05, 3.63) is 70.3 Å². The number of ether oxygens (including phenoxy) is 1. The Morgan fingerprint density at radius 3 is 2.61 bits per heavy atom. The molecule has 3 aromatic rings. The molecule has 0 bridgehead atoms. The molecule has 0 spiro atoms. The van der Waals surface area contributed by atoms with Crippen LogP contribution in [0.25, 0.3) is 11.3 Å². The van der Waals surface area contributed by atoms with E-state index in [-0.39, 0.29) is 11.4 Å². The van der Waals surface area contributed by atoms with Gasteiger partial charge in [-0.15, -0.1) is 0 Å². The molecule has 0 aliphatic carbocycles. The number of aromatic nitrogens is 2. The first kappa shape index (κ1) is 19.2. The average Bonchev–Trinajstić information content (AvgIpc) is 2.99. The van der Waals surface area contributed by atoms with Crippen molar-refractivity contribution >= 4 is 15.9 Å². The first-order valence-corrected chi connectivity index (χ1v) is 10.1. The molecule has 1 aliphatic rings. The molecule has 2 aromatic carbocycles. The number of hydrogen-bond donors (Lipinski definition) is 0. The summed E-state index contributed by atoms with van der Waals surface area (Å²) in [7, 11) is 1.68. The molecule has 0 amide bonds. The third-order valence-electron chi connectivity index (χ3n) is 5.13. The molecule has 28 heavy (non-hydrogen) atoms. The average molecular weight is 444 g/mol. The zero-order valence-corrected chi connectivity index (χ0v) is 17.8. The molecule has 0 saturated heterocycles. The van der Waals surface area contributed by atoms with E-state index in [0.29, 0.717) is 0 Å². The monoisotopic (exact) mass is 443 g/mol. The van der Waals surface area contributed by atoms with Crippen LogP contribution in [0.2, 0.25) is 0 Å². The SMILES string of the molecule is COc1ccc(CN2Cc3nc(-c4cccc(F)c4)c(Br)n3C(C)(C)C2)cc1. The second kappa shape index (κ2) is 7.33. The van der Waals surface area contributed by atoms with Crippen molar-refractivity contribution in [3.63, 3.8) is 0 Å². The second-order valence-electron chi connectivity index (χ2n) is 7.82. The minimum atomic E-state index is -0.254. The summed E-state index contributed by atoms with van der Waals surface area (Å²) < 4.78 is 22.1. The summed E-state index contributed by atoms with van der Waals surface area (Å²) in [5.74, 6) is 1.59. The highest BCUT2D eigenvalue weighted by Gasteiger charge is 2.35. The molecule has 0 fully saturated rings. The van der Waals surface area contributed by atoms with Crippen LogP contribution in [-0.2, 0) is 18.6 Å². The molecule has 0 saturated carbocycles. The van der Waals surface area contributed by atoms with Gasteiger partial charge in [0.05, 0.1) is 19.2 Å². The Hall–Kier alpha value is -2.18. The maximum atomic E-state index is 13.7. The van der Waals surface area contributed by atoms with Gasteiger partial charge in [-0.05, 0) is 59.6 Å². The molecule has 0 atom stereocenters. The fraction of sp³-hybridized carbons (Fsp3) is 0.318. The van der Waals surface area contributed by atoms with Gasteiger partial charge in [0, 0.05) is 18.7 Å². The van der Waals surface area contributed by atoms with Gasteiger partial charge in [0.2, 0.25) is 0 Å². The van der Waals surface area contributed by atoms with Gasteiger partial charge in [-0.25, -0.2) is 9.37 Å². The quantitative estimate of drug-likeness (QED) is 0.554. The second-order valence-corrected chi connectivity index (χ2v) is 8.57. The summed E-state index contributed by atoms with van der Waals surface area (Å²) in [4.78, 5) is 7.26. The molecule has 4 nitrogen and oxygen atoms in total. The van der Waals surface area contributed by atoms with Gasteiger partial charge in [-0.3, -0.25) is 4.90 Å². The van der Waals surface area contributed by atoms with Crippen molar-refractivity contribution in [3.8, 4) is 17.0 Å². The van der Waals surface area contributed by atoms with E-state index >= 15 is 0 Å². The molecular formula is C22H23BrFN3O. The highest BCUT2D eigenvalue weighted by molar-refractivity contribution is 9.10. The number of imidazole rings is 1. The van der Waals surface area contributed by atoms with Crippen molar-refractivity contribution in [2.75, 3.05) is 13.7 Å². The molecule has 0 unspecified atom stereocenters. The molecule has 0 N–H and O–H groups in total. The number of halogens is 2. The molecule has 2 heterocycles. The van der Waals surface area contributed by atoms with Crippen LogP contribution in [-0.4, -0.2) is 28.1 Å². The third-order valence-corrected chi connectivity index (χ3v) is 5.87. The van der Waals surface area contributed by atoms with E-state index in [0.717, 1.165) is 47.1 Å². The molecule has 1 aromatic heterocycles. The maximum absolute atomic E-state index is 13.7. The maximum Gasteiger partial charge on any atom is 0.125 e. The lowest BCUT2D eigenvalue weighted by Crippen LogP contribution is -2.46. The molecule has 6 heteroatoms. The number of hydrogen-bond acceptors (Lipinski definition) is 3. The van der Waals surface area contributed by atoms with Crippen LogP contribution in [0, 0.1) is 5.82 Å². The van der Waals surface area contributed by atoms with E-state index in [1.807, 2.05) is 18.2 Å². The highest BCUT2D eigenvalue weighted by atomic mass is 79.9. The van der Waals surface area contributed by atoms with Crippen LogP contribution in [0.1, 0.15) is 25.2 Å². The van der Waals surface area contributed by atoms with Gasteiger partial charge in [-0.1, -0.05) is 24.3 Å². The number of nitrogens with zero attached hydrogens (tertiary/aromatic N) is 3. The summed E-state index contributed by atoms with van der Waals surface area (Å²) in [6, 6.07) is 14.8.